The molecule has 206 valence electrons. The fourth-order valence-electron chi connectivity index (χ4n) is 6.66. The molecule has 4 nitrogen and oxygen atoms in total. The SMILES string of the molecule is c1ccc(-c2cccc(-c3cccc(-n4c5ccccc5c5c6c7ccccc7n(-c7ccccc7)c6ccc54)n3)n2)cc1. The van der Waals surface area contributed by atoms with E-state index in [0.717, 1.165) is 45.2 Å². The first-order valence-corrected chi connectivity index (χ1v) is 14.9. The van der Waals surface area contributed by atoms with Crippen LogP contribution < -0.4 is 0 Å². The Morgan fingerprint density at radius 2 is 0.864 bits per heavy atom. The Balaban J connectivity index is 1.31. The predicted octanol–water partition coefficient (Wildman–Crippen LogP) is 10.0. The zero-order chi connectivity index (χ0) is 29.0. The van der Waals surface area contributed by atoms with Gasteiger partial charge in [-0.3, -0.25) is 4.57 Å². The molecule has 0 atom stereocenters. The summed E-state index contributed by atoms with van der Waals surface area (Å²) in [6.07, 6.45) is 0. The lowest BCUT2D eigenvalue weighted by molar-refractivity contribution is 1.08. The third-order valence-electron chi connectivity index (χ3n) is 8.53. The van der Waals surface area contributed by atoms with Gasteiger partial charge in [0, 0.05) is 32.8 Å². The third kappa shape index (κ3) is 3.71. The molecule has 44 heavy (non-hydrogen) atoms. The van der Waals surface area contributed by atoms with Crippen LogP contribution in [0.25, 0.3) is 77.8 Å². The van der Waals surface area contributed by atoms with Crippen molar-refractivity contribution in [1.29, 1.82) is 0 Å². The van der Waals surface area contributed by atoms with E-state index in [-0.39, 0.29) is 0 Å². The van der Waals surface area contributed by atoms with Gasteiger partial charge < -0.3 is 4.57 Å². The first kappa shape index (κ1) is 24.6. The highest BCUT2D eigenvalue weighted by Crippen LogP contribution is 2.42. The number of pyridine rings is 2. The van der Waals surface area contributed by atoms with Gasteiger partial charge >= 0.3 is 0 Å². The third-order valence-corrected chi connectivity index (χ3v) is 8.53. The van der Waals surface area contributed by atoms with Gasteiger partial charge in [0.05, 0.1) is 39.1 Å². The van der Waals surface area contributed by atoms with Crippen LogP contribution in [0.1, 0.15) is 0 Å². The summed E-state index contributed by atoms with van der Waals surface area (Å²) in [4.78, 5) is 10.2. The van der Waals surface area contributed by atoms with Crippen molar-refractivity contribution in [2.24, 2.45) is 0 Å². The van der Waals surface area contributed by atoms with E-state index in [1.807, 2.05) is 36.4 Å². The second-order valence-corrected chi connectivity index (χ2v) is 11.0. The monoisotopic (exact) mass is 562 g/mol. The Labute approximate surface area is 254 Å². The van der Waals surface area contributed by atoms with Crippen LogP contribution >= 0.6 is 0 Å². The maximum Gasteiger partial charge on any atom is 0.138 e. The molecule has 0 aliphatic heterocycles. The molecule has 0 amide bonds. The van der Waals surface area contributed by atoms with E-state index in [1.165, 1.54) is 32.6 Å². The zero-order valence-corrected chi connectivity index (χ0v) is 23.8. The van der Waals surface area contributed by atoms with Crippen molar-refractivity contribution < 1.29 is 0 Å². The van der Waals surface area contributed by atoms with Gasteiger partial charge in [0.15, 0.2) is 0 Å². The van der Waals surface area contributed by atoms with Crippen LogP contribution in [-0.2, 0) is 0 Å². The Bertz CT molecular complexity index is 2490. The van der Waals surface area contributed by atoms with Gasteiger partial charge in [-0.05, 0) is 60.7 Å². The quantitative estimate of drug-likeness (QED) is 0.214. The predicted molar refractivity (Wildman–Crippen MR) is 182 cm³/mol. The van der Waals surface area contributed by atoms with Crippen LogP contribution in [0.3, 0.4) is 0 Å². The second kappa shape index (κ2) is 9.79. The largest absolute Gasteiger partial charge is 0.309 e. The fraction of sp³-hybridized carbons (Fsp3) is 0. The molecule has 0 unspecified atom stereocenters. The van der Waals surface area contributed by atoms with E-state index >= 15 is 0 Å². The number of hydrogen-bond donors (Lipinski definition) is 0. The summed E-state index contributed by atoms with van der Waals surface area (Å²) in [5, 5.41) is 4.94. The lowest BCUT2D eigenvalue weighted by atomic mass is 10.1. The minimum atomic E-state index is 0.841. The summed E-state index contributed by atoms with van der Waals surface area (Å²) in [6, 6.07) is 55.1. The van der Waals surface area contributed by atoms with Crippen molar-refractivity contribution in [2.45, 2.75) is 0 Å². The van der Waals surface area contributed by atoms with E-state index in [0.29, 0.717) is 0 Å². The number of rotatable bonds is 4. The average molecular weight is 563 g/mol. The van der Waals surface area contributed by atoms with Crippen LogP contribution in [0, 0.1) is 0 Å². The van der Waals surface area contributed by atoms with Gasteiger partial charge in [-0.25, -0.2) is 9.97 Å². The van der Waals surface area contributed by atoms with E-state index in [4.69, 9.17) is 9.97 Å². The van der Waals surface area contributed by atoms with Crippen molar-refractivity contribution in [1.82, 2.24) is 19.1 Å². The zero-order valence-electron chi connectivity index (χ0n) is 23.8. The lowest BCUT2D eigenvalue weighted by Crippen LogP contribution is -1.99. The molecule has 0 fully saturated rings. The molecule has 0 bridgehead atoms. The highest BCUT2D eigenvalue weighted by molar-refractivity contribution is 6.28. The number of nitrogens with zero attached hydrogens (tertiary/aromatic N) is 4. The Morgan fingerprint density at radius 1 is 0.341 bits per heavy atom. The molecular formula is C40H26N4. The molecule has 0 saturated heterocycles. The summed E-state index contributed by atoms with van der Waals surface area (Å²) >= 11 is 0. The second-order valence-electron chi connectivity index (χ2n) is 11.0. The molecule has 0 aliphatic rings. The minimum Gasteiger partial charge on any atom is -0.309 e. The summed E-state index contributed by atoms with van der Waals surface area (Å²) in [7, 11) is 0. The van der Waals surface area contributed by atoms with Gasteiger partial charge in [0.25, 0.3) is 0 Å². The van der Waals surface area contributed by atoms with E-state index in [9.17, 15) is 0 Å². The Morgan fingerprint density at radius 3 is 1.57 bits per heavy atom. The van der Waals surface area contributed by atoms with Crippen LogP contribution in [0.2, 0.25) is 0 Å². The molecule has 9 rings (SSSR count). The molecular weight excluding hydrogens is 536 g/mol. The summed E-state index contributed by atoms with van der Waals surface area (Å²) < 4.78 is 4.67. The fourth-order valence-corrected chi connectivity index (χ4v) is 6.66. The van der Waals surface area contributed by atoms with Gasteiger partial charge in [-0.15, -0.1) is 0 Å². The first-order valence-electron chi connectivity index (χ1n) is 14.9. The smallest absolute Gasteiger partial charge is 0.138 e. The number of fused-ring (bicyclic) bond motifs is 7. The van der Waals surface area contributed by atoms with Gasteiger partial charge in [0.2, 0.25) is 0 Å². The maximum absolute atomic E-state index is 5.21. The minimum absolute atomic E-state index is 0.841. The molecule has 4 heteroatoms. The molecule has 0 radical (unpaired) electrons. The maximum atomic E-state index is 5.21. The van der Waals surface area contributed by atoms with Crippen LogP contribution in [-0.4, -0.2) is 19.1 Å². The standard InChI is InChI=1S/C40H26N4/c1-3-13-27(14-4-1)31-19-11-20-32(41-31)33-21-12-24-38(42-33)44-35-23-10-8-18-30(35)40-37(44)26-25-36-39(40)29-17-7-9-22-34(29)43(36)28-15-5-2-6-16-28/h1-26H. The van der Waals surface area contributed by atoms with Gasteiger partial charge in [0.1, 0.15) is 5.82 Å². The van der Waals surface area contributed by atoms with Crippen molar-refractivity contribution >= 4 is 43.6 Å². The Hall–Kier alpha value is -6.00. The molecule has 0 saturated carbocycles. The molecule has 0 aliphatic carbocycles. The molecule has 4 aromatic heterocycles. The summed E-state index contributed by atoms with van der Waals surface area (Å²) in [6.45, 7) is 0. The first-order chi connectivity index (χ1) is 21.8. The molecule has 0 N–H and O–H groups in total. The van der Waals surface area contributed by atoms with Gasteiger partial charge in [-0.1, -0.05) is 97.1 Å². The Kier molecular flexibility index (Phi) is 5.47. The van der Waals surface area contributed by atoms with E-state index in [2.05, 4.69) is 130 Å². The van der Waals surface area contributed by atoms with Crippen LogP contribution in [0.15, 0.2) is 158 Å². The number of aromatic nitrogens is 4. The topological polar surface area (TPSA) is 35.6 Å². The van der Waals surface area contributed by atoms with E-state index in [1.54, 1.807) is 0 Å². The average Bonchev–Trinajstić information content (AvgIpc) is 3.62. The molecule has 4 heterocycles. The van der Waals surface area contributed by atoms with Crippen molar-refractivity contribution in [3.8, 4) is 34.2 Å². The lowest BCUT2D eigenvalue weighted by Gasteiger charge is -2.10. The molecule has 0 spiro atoms. The molecule has 9 aromatic rings. The number of para-hydroxylation sites is 3. The normalized spacial score (nSPS) is 11.6. The van der Waals surface area contributed by atoms with Crippen molar-refractivity contribution in [3.63, 3.8) is 0 Å². The highest BCUT2D eigenvalue weighted by Gasteiger charge is 2.20. The number of hydrogen-bond acceptors (Lipinski definition) is 2. The van der Waals surface area contributed by atoms with Crippen LogP contribution in [0.5, 0.6) is 0 Å². The summed E-state index contributed by atoms with van der Waals surface area (Å²) in [5.41, 5.74) is 9.51. The molecule has 5 aromatic carbocycles. The van der Waals surface area contributed by atoms with Crippen LogP contribution in [0.4, 0.5) is 0 Å². The van der Waals surface area contributed by atoms with Gasteiger partial charge in [-0.2, -0.15) is 0 Å². The van der Waals surface area contributed by atoms with Crippen molar-refractivity contribution in [3.05, 3.63) is 158 Å². The van der Waals surface area contributed by atoms with Crippen molar-refractivity contribution in [2.75, 3.05) is 0 Å². The summed E-state index contributed by atoms with van der Waals surface area (Å²) in [5.74, 6) is 0.867. The van der Waals surface area contributed by atoms with E-state index < -0.39 is 0 Å². The highest BCUT2D eigenvalue weighted by atomic mass is 15.1. The number of benzene rings is 5.